The van der Waals surface area contributed by atoms with Crippen LogP contribution in [0.25, 0.3) is 0 Å². The van der Waals surface area contributed by atoms with Crippen LogP contribution in [0.1, 0.15) is 19.4 Å². The highest BCUT2D eigenvalue weighted by Crippen LogP contribution is 2.49. The van der Waals surface area contributed by atoms with Crippen molar-refractivity contribution in [2.24, 2.45) is 0 Å². The van der Waals surface area contributed by atoms with Crippen molar-refractivity contribution < 1.29 is 23.0 Å². The highest BCUT2D eigenvalue weighted by Gasteiger charge is 2.43. The van der Waals surface area contributed by atoms with Crippen LogP contribution in [-0.4, -0.2) is 27.9 Å². The van der Waals surface area contributed by atoms with Crippen molar-refractivity contribution in [3.05, 3.63) is 31.9 Å². The number of alkyl halides is 3. The Hall–Kier alpha value is -2.59. The Morgan fingerprint density at radius 1 is 1.28 bits per heavy atom. The van der Waals surface area contributed by atoms with Gasteiger partial charge in [0.15, 0.2) is 0 Å². The van der Waals surface area contributed by atoms with Crippen molar-refractivity contribution in [2.75, 3.05) is 18.5 Å². The smallest absolute Gasteiger partial charge is 0.307 e. The molecular weight excluding hydrogens is 367 g/mol. The van der Waals surface area contributed by atoms with Crippen molar-refractivity contribution in [2.45, 2.75) is 24.9 Å². The number of rotatable bonds is 7. The molecule has 25 heavy (non-hydrogen) atoms. The quantitative estimate of drug-likeness (QED) is 0.328. The molecule has 0 amide bonds. The van der Waals surface area contributed by atoms with E-state index in [1.807, 2.05) is 0 Å². The average Bonchev–Trinajstić information content (AvgIpc) is 2.50. The highest BCUT2D eigenvalue weighted by molar-refractivity contribution is 8.04. The number of hydrazine groups is 1. The number of nitrogens with one attached hydrogen (secondary N) is 1. The van der Waals surface area contributed by atoms with Crippen LogP contribution >= 0.6 is 11.8 Å². The zero-order chi connectivity index (χ0) is 19.4. The maximum Gasteiger partial charge on any atom is 0.418 e. The number of thioether (sulfide) groups is 1. The van der Waals surface area contributed by atoms with E-state index >= 15 is 0 Å². The van der Waals surface area contributed by atoms with E-state index < -0.39 is 43.5 Å². The zero-order valence-electron chi connectivity index (χ0n) is 13.0. The first-order valence-corrected chi connectivity index (χ1v) is 7.54. The van der Waals surface area contributed by atoms with E-state index in [1.54, 1.807) is 13.8 Å². The molecule has 1 N–H and O–H groups in total. The second-order valence-corrected chi connectivity index (χ2v) is 5.28. The number of nitro groups is 2. The van der Waals surface area contributed by atoms with E-state index in [-0.39, 0.29) is 30.9 Å². The lowest BCUT2D eigenvalue weighted by Gasteiger charge is -2.21. The Labute approximate surface area is 143 Å². The number of hydrogen-bond donors (Lipinski definition) is 1. The first-order valence-electron chi connectivity index (χ1n) is 6.72. The SMILES string of the molecule is CCN(CC)Nc1c([N+](=O)[O-])cc(C(F)(F)F)c(SC#N)c1[N+](=O)[O-]. The first kappa shape index (κ1) is 20.5. The molecule has 0 spiro atoms. The van der Waals surface area contributed by atoms with E-state index in [1.165, 1.54) is 10.4 Å². The van der Waals surface area contributed by atoms with Crippen LogP contribution in [-0.2, 0) is 6.18 Å². The third kappa shape index (κ3) is 4.48. The standard InChI is InChI=1S/C12H12F3N5O4S/c1-3-18(4-2)17-9-8(19(21)22)5-7(12(13,14)15)11(25-6-16)10(9)20(23)24/h5,17H,3-4H2,1-2H3. The highest BCUT2D eigenvalue weighted by atomic mass is 32.2. The van der Waals surface area contributed by atoms with Crippen molar-refractivity contribution in [3.8, 4) is 5.40 Å². The van der Waals surface area contributed by atoms with Crippen molar-refractivity contribution >= 4 is 28.8 Å². The molecular formula is C12H12F3N5O4S. The molecule has 0 aromatic heterocycles. The summed E-state index contributed by atoms with van der Waals surface area (Å²) in [7, 11) is 0. The lowest BCUT2D eigenvalue weighted by Crippen LogP contribution is -2.30. The predicted octanol–water partition coefficient (Wildman–Crippen LogP) is 3.76. The van der Waals surface area contributed by atoms with E-state index in [0.29, 0.717) is 0 Å². The number of halogens is 3. The van der Waals surface area contributed by atoms with Crippen LogP contribution in [0.2, 0.25) is 0 Å². The Bertz CT molecular complexity index is 731. The summed E-state index contributed by atoms with van der Waals surface area (Å²) < 4.78 is 39.6. The monoisotopic (exact) mass is 379 g/mol. The molecule has 0 radical (unpaired) electrons. The Morgan fingerprint density at radius 2 is 1.84 bits per heavy atom. The largest absolute Gasteiger partial charge is 0.418 e. The predicted molar refractivity (Wildman–Crippen MR) is 82.8 cm³/mol. The summed E-state index contributed by atoms with van der Waals surface area (Å²) in [6.07, 6.45) is -5.11. The molecule has 1 rings (SSSR count). The molecule has 0 saturated carbocycles. The van der Waals surface area contributed by atoms with Gasteiger partial charge in [0.05, 0.1) is 15.4 Å². The second kappa shape index (κ2) is 7.99. The minimum Gasteiger partial charge on any atom is -0.307 e. The zero-order valence-corrected chi connectivity index (χ0v) is 13.8. The van der Waals surface area contributed by atoms with Gasteiger partial charge in [0, 0.05) is 19.2 Å². The molecule has 1 aromatic rings. The van der Waals surface area contributed by atoms with Gasteiger partial charge in [-0.25, -0.2) is 5.01 Å². The fourth-order valence-electron chi connectivity index (χ4n) is 1.96. The number of anilines is 1. The van der Waals surface area contributed by atoms with Gasteiger partial charge in [0.25, 0.3) is 0 Å². The lowest BCUT2D eigenvalue weighted by molar-refractivity contribution is -0.394. The summed E-state index contributed by atoms with van der Waals surface area (Å²) in [5.74, 6) is 0. The fourth-order valence-corrected chi connectivity index (χ4v) is 2.61. The maximum atomic E-state index is 13.2. The molecule has 0 aliphatic rings. The number of hydrogen-bond acceptors (Lipinski definition) is 8. The van der Waals surface area contributed by atoms with Gasteiger partial charge in [0.1, 0.15) is 10.3 Å². The molecule has 0 fully saturated rings. The number of thiocyanates is 1. The Balaban J connectivity index is 3.90. The molecule has 0 bridgehead atoms. The minimum absolute atomic E-state index is 0.0766. The lowest BCUT2D eigenvalue weighted by atomic mass is 10.1. The van der Waals surface area contributed by atoms with Gasteiger partial charge in [-0.15, -0.1) is 0 Å². The number of nitrogens with zero attached hydrogens (tertiary/aromatic N) is 4. The summed E-state index contributed by atoms with van der Waals surface area (Å²) in [5.41, 5.74) is -2.17. The van der Waals surface area contributed by atoms with Crippen LogP contribution < -0.4 is 5.43 Å². The van der Waals surface area contributed by atoms with Crippen molar-refractivity contribution in [1.29, 1.82) is 5.26 Å². The summed E-state index contributed by atoms with van der Waals surface area (Å²) >= 11 is -0.0766. The second-order valence-electron chi connectivity index (χ2n) is 4.49. The van der Waals surface area contributed by atoms with E-state index in [0.717, 1.165) is 0 Å². The van der Waals surface area contributed by atoms with Crippen molar-refractivity contribution in [3.63, 3.8) is 0 Å². The molecule has 9 nitrogen and oxygen atoms in total. The molecule has 0 aliphatic heterocycles. The van der Waals surface area contributed by atoms with Crippen LogP contribution in [0.4, 0.5) is 30.2 Å². The van der Waals surface area contributed by atoms with Gasteiger partial charge in [-0.1, -0.05) is 13.8 Å². The third-order valence-electron chi connectivity index (χ3n) is 3.10. The normalized spacial score (nSPS) is 11.2. The van der Waals surface area contributed by atoms with Crippen LogP contribution in [0.3, 0.4) is 0 Å². The Morgan fingerprint density at radius 3 is 2.20 bits per heavy atom. The fraction of sp³-hybridized carbons (Fsp3) is 0.417. The molecule has 1 aromatic carbocycles. The average molecular weight is 379 g/mol. The van der Waals surface area contributed by atoms with Gasteiger partial charge >= 0.3 is 17.6 Å². The summed E-state index contributed by atoms with van der Waals surface area (Å²) in [6.45, 7) is 3.82. The van der Waals surface area contributed by atoms with E-state index in [2.05, 4.69) is 5.43 Å². The van der Waals surface area contributed by atoms with Crippen LogP contribution in [0.15, 0.2) is 11.0 Å². The molecule has 0 atom stereocenters. The van der Waals surface area contributed by atoms with E-state index in [9.17, 15) is 33.4 Å². The summed E-state index contributed by atoms with van der Waals surface area (Å²) in [4.78, 5) is 19.2. The molecule has 0 saturated heterocycles. The summed E-state index contributed by atoms with van der Waals surface area (Å²) in [5, 5.41) is 34.0. The summed E-state index contributed by atoms with van der Waals surface area (Å²) in [6, 6.07) is 0.193. The number of benzene rings is 1. The van der Waals surface area contributed by atoms with Crippen LogP contribution in [0, 0.1) is 30.9 Å². The minimum atomic E-state index is -5.11. The first-order chi connectivity index (χ1) is 11.6. The molecule has 0 unspecified atom stereocenters. The topological polar surface area (TPSA) is 125 Å². The molecule has 136 valence electrons. The number of nitriles is 1. The van der Waals surface area contributed by atoms with Gasteiger partial charge in [0.2, 0.25) is 5.69 Å². The third-order valence-corrected chi connectivity index (χ3v) is 3.81. The number of nitro benzene ring substituents is 2. The van der Waals surface area contributed by atoms with Crippen LogP contribution in [0.5, 0.6) is 0 Å². The van der Waals surface area contributed by atoms with Gasteiger partial charge in [-0.3, -0.25) is 20.2 Å². The van der Waals surface area contributed by atoms with Crippen molar-refractivity contribution in [1.82, 2.24) is 5.01 Å². The van der Waals surface area contributed by atoms with Gasteiger partial charge in [-0.2, -0.15) is 18.4 Å². The van der Waals surface area contributed by atoms with Gasteiger partial charge in [-0.05, 0) is 11.8 Å². The molecule has 0 heterocycles. The molecule has 13 heteroatoms. The van der Waals surface area contributed by atoms with Gasteiger partial charge < -0.3 is 5.43 Å². The molecule has 0 aliphatic carbocycles. The van der Waals surface area contributed by atoms with E-state index in [4.69, 9.17) is 5.26 Å². The Kier molecular flexibility index (Phi) is 6.54. The maximum absolute atomic E-state index is 13.2.